The van der Waals surface area contributed by atoms with Crippen molar-refractivity contribution in [3.05, 3.63) is 10.4 Å². The Morgan fingerprint density at radius 3 is 2.71 bits per heavy atom. The molecule has 0 saturated heterocycles. The van der Waals surface area contributed by atoms with E-state index in [1.807, 2.05) is 0 Å². The smallest absolute Gasteiger partial charge is 0.323 e. The minimum absolute atomic E-state index is 0.0796. The fraction of sp³-hybridized carbons (Fsp3) is 0.909. The van der Waals surface area contributed by atoms with Gasteiger partial charge in [0, 0.05) is 11.5 Å². The van der Waals surface area contributed by atoms with Crippen LogP contribution in [-0.2, 0) is 4.79 Å². The van der Waals surface area contributed by atoms with Crippen LogP contribution in [0, 0.1) is 5.41 Å². The SMILES string of the molecule is CC1(C)CCC(NCCCN=[N+]=[N-])(C(=O)O)C1. The molecule has 2 N–H and O–H groups in total. The molecule has 96 valence electrons. The van der Waals surface area contributed by atoms with Gasteiger partial charge in [-0.05, 0) is 43.2 Å². The van der Waals surface area contributed by atoms with Gasteiger partial charge in [-0.1, -0.05) is 19.0 Å². The normalized spacial score (nSPS) is 26.5. The van der Waals surface area contributed by atoms with E-state index in [9.17, 15) is 9.90 Å². The summed E-state index contributed by atoms with van der Waals surface area (Å²) >= 11 is 0. The molecule has 1 atom stereocenters. The second-order valence-electron chi connectivity index (χ2n) is 5.46. The largest absolute Gasteiger partial charge is 0.480 e. The monoisotopic (exact) mass is 240 g/mol. The van der Waals surface area contributed by atoms with Crippen molar-refractivity contribution in [3.63, 3.8) is 0 Å². The highest BCUT2D eigenvalue weighted by molar-refractivity contribution is 5.79. The van der Waals surface area contributed by atoms with Gasteiger partial charge in [0.2, 0.25) is 0 Å². The molecule has 0 aliphatic heterocycles. The molecule has 1 aliphatic rings. The van der Waals surface area contributed by atoms with Crippen molar-refractivity contribution in [2.75, 3.05) is 13.1 Å². The van der Waals surface area contributed by atoms with Crippen molar-refractivity contribution in [3.8, 4) is 0 Å². The molecule has 0 aromatic rings. The van der Waals surface area contributed by atoms with E-state index >= 15 is 0 Å². The summed E-state index contributed by atoms with van der Waals surface area (Å²) in [6, 6.07) is 0. The first-order chi connectivity index (χ1) is 7.92. The Bertz CT molecular complexity index is 336. The van der Waals surface area contributed by atoms with Crippen LogP contribution in [-0.4, -0.2) is 29.7 Å². The Morgan fingerprint density at radius 1 is 1.53 bits per heavy atom. The molecular formula is C11H20N4O2. The third-order valence-corrected chi connectivity index (χ3v) is 3.38. The Kier molecular flexibility index (Phi) is 4.37. The number of hydrogen-bond donors (Lipinski definition) is 2. The zero-order valence-corrected chi connectivity index (χ0v) is 10.4. The van der Waals surface area contributed by atoms with Crippen molar-refractivity contribution in [1.29, 1.82) is 0 Å². The second-order valence-corrected chi connectivity index (χ2v) is 5.46. The molecule has 0 radical (unpaired) electrons. The molecule has 1 saturated carbocycles. The predicted octanol–water partition coefficient (Wildman–Crippen LogP) is 2.31. The van der Waals surface area contributed by atoms with Gasteiger partial charge in [-0.3, -0.25) is 4.79 Å². The van der Waals surface area contributed by atoms with E-state index < -0.39 is 11.5 Å². The van der Waals surface area contributed by atoms with Crippen LogP contribution in [0.2, 0.25) is 0 Å². The molecule has 6 nitrogen and oxygen atoms in total. The van der Waals surface area contributed by atoms with Crippen molar-refractivity contribution in [2.45, 2.75) is 45.1 Å². The highest BCUT2D eigenvalue weighted by atomic mass is 16.4. The van der Waals surface area contributed by atoms with Crippen LogP contribution in [0.4, 0.5) is 0 Å². The van der Waals surface area contributed by atoms with Gasteiger partial charge in [0.15, 0.2) is 0 Å². The maximum absolute atomic E-state index is 11.4. The molecule has 6 heteroatoms. The topological polar surface area (TPSA) is 98.1 Å². The third-order valence-electron chi connectivity index (χ3n) is 3.38. The van der Waals surface area contributed by atoms with E-state index in [4.69, 9.17) is 5.53 Å². The number of azide groups is 1. The molecule has 0 aromatic heterocycles. The molecule has 1 unspecified atom stereocenters. The van der Waals surface area contributed by atoms with E-state index in [0.717, 1.165) is 6.42 Å². The van der Waals surface area contributed by atoms with Gasteiger partial charge in [0.1, 0.15) is 5.54 Å². The molecule has 1 rings (SSSR count). The summed E-state index contributed by atoms with van der Waals surface area (Å²) < 4.78 is 0. The second kappa shape index (κ2) is 5.38. The molecular weight excluding hydrogens is 220 g/mol. The molecule has 17 heavy (non-hydrogen) atoms. The van der Waals surface area contributed by atoms with Crippen LogP contribution in [0.1, 0.15) is 39.5 Å². The summed E-state index contributed by atoms with van der Waals surface area (Å²) in [7, 11) is 0. The summed E-state index contributed by atoms with van der Waals surface area (Å²) in [6.07, 6.45) is 2.90. The van der Waals surface area contributed by atoms with Gasteiger partial charge >= 0.3 is 5.97 Å². The lowest BCUT2D eigenvalue weighted by Gasteiger charge is -2.27. The summed E-state index contributed by atoms with van der Waals surface area (Å²) in [5, 5.41) is 15.9. The number of nitrogens with zero attached hydrogens (tertiary/aromatic N) is 3. The lowest BCUT2D eigenvalue weighted by Crippen LogP contribution is -2.51. The quantitative estimate of drug-likeness (QED) is 0.322. The Hall–Kier alpha value is -1.26. The minimum atomic E-state index is -0.792. The molecule has 0 amide bonds. The minimum Gasteiger partial charge on any atom is -0.480 e. The first-order valence-corrected chi connectivity index (χ1v) is 5.91. The molecule has 0 heterocycles. The van der Waals surface area contributed by atoms with Crippen molar-refractivity contribution < 1.29 is 9.90 Å². The van der Waals surface area contributed by atoms with E-state index in [1.54, 1.807) is 0 Å². The number of carboxylic acid groups (broad SMARTS) is 1. The van der Waals surface area contributed by atoms with E-state index in [1.165, 1.54) is 0 Å². The van der Waals surface area contributed by atoms with Crippen LogP contribution in [0.15, 0.2) is 5.11 Å². The zero-order valence-electron chi connectivity index (χ0n) is 10.4. The number of hydrogen-bond acceptors (Lipinski definition) is 3. The van der Waals surface area contributed by atoms with Gasteiger partial charge < -0.3 is 10.4 Å². The first kappa shape index (κ1) is 13.8. The van der Waals surface area contributed by atoms with Gasteiger partial charge in [0.05, 0.1) is 0 Å². The molecule has 1 aliphatic carbocycles. The summed E-state index contributed by atoms with van der Waals surface area (Å²) in [5.41, 5.74) is 7.42. The van der Waals surface area contributed by atoms with Gasteiger partial charge in [-0.2, -0.15) is 0 Å². The lowest BCUT2D eigenvalue weighted by molar-refractivity contribution is -0.145. The standard InChI is InChI=1S/C11H20N4O2/c1-10(2)4-5-11(8-10,9(16)17)13-6-3-7-14-15-12/h13H,3-8H2,1-2H3,(H,16,17). The first-order valence-electron chi connectivity index (χ1n) is 5.91. The average molecular weight is 240 g/mol. The number of nitrogens with one attached hydrogen (secondary N) is 1. The number of aliphatic carboxylic acids is 1. The van der Waals surface area contributed by atoms with Crippen LogP contribution in [0.5, 0.6) is 0 Å². The number of carboxylic acids is 1. The van der Waals surface area contributed by atoms with Gasteiger partial charge in [-0.15, -0.1) is 0 Å². The number of carbonyl (C=O) groups is 1. The molecule has 1 fully saturated rings. The van der Waals surface area contributed by atoms with E-state index in [2.05, 4.69) is 29.2 Å². The highest BCUT2D eigenvalue weighted by Gasteiger charge is 2.48. The lowest BCUT2D eigenvalue weighted by atomic mass is 9.87. The predicted molar refractivity (Wildman–Crippen MR) is 64.6 cm³/mol. The van der Waals surface area contributed by atoms with Gasteiger partial charge in [0.25, 0.3) is 0 Å². The Morgan fingerprint density at radius 2 is 2.24 bits per heavy atom. The Balaban J connectivity index is 2.50. The fourth-order valence-corrected chi connectivity index (χ4v) is 2.48. The van der Waals surface area contributed by atoms with Crippen LogP contribution < -0.4 is 5.32 Å². The molecule has 0 bridgehead atoms. The number of rotatable bonds is 6. The van der Waals surface area contributed by atoms with Gasteiger partial charge in [-0.25, -0.2) is 0 Å². The zero-order chi connectivity index (χ0) is 12.9. The van der Waals surface area contributed by atoms with Crippen LogP contribution >= 0.6 is 0 Å². The summed E-state index contributed by atoms with van der Waals surface area (Å²) in [5.74, 6) is -0.771. The van der Waals surface area contributed by atoms with E-state index in [0.29, 0.717) is 32.4 Å². The molecule has 0 aromatic carbocycles. The summed E-state index contributed by atoms with van der Waals surface area (Å²) in [6.45, 7) is 5.17. The van der Waals surface area contributed by atoms with Crippen molar-refractivity contribution >= 4 is 5.97 Å². The van der Waals surface area contributed by atoms with Crippen LogP contribution in [0.3, 0.4) is 0 Å². The van der Waals surface area contributed by atoms with Crippen molar-refractivity contribution in [2.24, 2.45) is 10.5 Å². The Labute approximate surface area is 101 Å². The third kappa shape index (κ3) is 3.61. The molecule has 0 spiro atoms. The maximum atomic E-state index is 11.4. The average Bonchev–Trinajstić information content (AvgIpc) is 2.55. The summed E-state index contributed by atoms with van der Waals surface area (Å²) in [4.78, 5) is 14.0. The fourth-order valence-electron chi connectivity index (χ4n) is 2.48. The maximum Gasteiger partial charge on any atom is 0.323 e. The van der Waals surface area contributed by atoms with Crippen molar-refractivity contribution in [1.82, 2.24) is 5.32 Å². The van der Waals surface area contributed by atoms with Crippen LogP contribution in [0.25, 0.3) is 10.4 Å². The highest BCUT2D eigenvalue weighted by Crippen LogP contribution is 2.43. The van der Waals surface area contributed by atoms with E-state index in [-0.39, 0.29) is 5.41 Å².